The number of hydrogen-bond donors (Lipinski definition) is 1. The van der Waals surface area contributed by atoms with Crippen molar-refractivity contribution in [2.75, 3.05) is 13.2 Å². The predicted molar refractivity (Wildman–Crippen MR) is 178 cm³/mol. The first-order valence-electron chi connectivity index (χ1n) is 14.3. The predicted octanol–water partition coefficient (Wildman–Crippen LogP) is 4.75. The molecule has 0 saturated heterocycles. The topological polar surface area (TPSA) is 114 Å². The fourth-order valence-corrected chi connectivity index (χ4v) is 2.74. The molecule has 0 unspecified atom stereocenters. The van der Waals surface area contributed by atoms with E-state index in [0.29, 0.717) is 0 Å². The Morgan fingerprint density at radius 1 is 0.702 bits per heavy atom. The maximum absolute atomic E-state index is 11.3. The maximum Gasteiger partial charge on any atom is 1.00 e. The van der Waals surface area contributed by atoms with E-state index in [1.54, 1.807) is 27.7 Å². The van der Waals surface area contributed by atoms with Gasteiger partial charge < -0.3 is 34.1 Å². The summed E-state index contributed by atoms with van der Waals surface area (Å²) in [5.74, 6) is 0. The molecule has 0 bridgehead atoms. The number of aliphatic hydroxyl groups is 1. The Bertz CT molecular complexity index is 1400. The molecular weight excluding hydrogens is 615 g/mol. The van der Waals surface area contributed by atoms with Crippen LogP contribution in [-0.2, 0) is 34.0 Å². The molecular formula is C36H44ClLiN2O7. The van der Waals surface area contributed by atoms with Crippen molar-refractivity contribution < 1.29 is 52.9 Å². The van der Waals surface area contributed by atoms with Gasteiger partial charge in [-0.05, 0) is 37.5 Å². The average Bonchev–Trinajstić information content (AvgIpc) is 3.04. The van der Waals surface area contributed by atoms with Crippen LogP contribution in [0.2, 0.25) is 0 Å². The Hall–Kier alpha value is -3.81. The van der Waals surface area contributed by atoms with Gasteiger partial charge in [0, 0.05) is 39.3 Å². The fourth-order valence-electron chi connectivity index (χ4n) is 2.69. The van der Waals surface area contributed by atoms with E-state index in [2.05, 4.69) is 14.4 Å². The van der Waals surface area contributed by atoms with Crippen LogP contribution in [0.4, 0.5) is 9.59 Å². The van der Waals surface area contributed by atoms with E-state index >= 15 is 0 Å². The van der Waals surface area contributed by atoms with E-state index in [1.807, 2.05) is 93.6 Å². The molecule has 0 fully saturated rings. The molecule has 3 aromatic rings. The van der Waals surface area contributed by atoms with E-state index < -0.39 is 22.7 Å². The standard InChI is InChI=1S/C14H17NO3.C9H9ClO2.C8H10O.C5H8NO.Li/c1-11-5-7-12(8-6-11)9-17-13(16)18-10-14(2,3)15-4;1-7-2-4-8(5-3-7)6-12-9(10)11;1-7-2-4-8(6-9)5-3-7;1-5(2,4-7)6-3;/h5-8H,9-10H2,1-3H3;2-5H,6H2,1H3;2-5,9H,6H2,1H3;4H2,1-2H3;/q;;;-1;+1. The third-order valence-corrected chi connectivity index (χ3v) is 5.86. The average molecular weight is 659 g/mol. The molecule has 3 rings (SSSR count). The second-order valence-electron chi connectivity index (χ2n) is 11.5. The number of aryl methyl sites for hydroxylation is 3. The zero-order valence-electron chi connectivity index (χ0n) is 28.6. The largest absolute Gasteiger partial charge is 1.00 e. The third-order valence-electron chi connectivity index (χ3n) is 5.76. The summed E-state index contributed by atoms with van der Waals surface area (Å²) in [5, 5.41) is 18.6. The normalized spacial score (nSPS) is 9.87. The Kier molecular flexibility index (Phi) is 23.5. The SMILES string of the molecule is Cc1ccc(CO)cc1.Cc1ccc(COC(=O)Cl)cc1.[C-]#[N+]C(C)(C)COC(=O)OCc1ccc(C)cc1.[C-]#[N+]C(C)(C)C[O-].[Li+]. The molecule has 0 aliphatic heterocycles. The number of rotatable bonds is 8. The summed E-state index contributed by atoms with van der Waals surface area (Å²) in [6.07, 6.45) is -0.743. The molecule has 248 valence electrons. The van der Waals surface area contributed by atoms with Crippen LogP contribution in [-0.4, -0.2) is 41.0 Å². The molecule has 0 radical (unpaired) electrons. The quantitative estimate of drug-likeness (QED) is 0.161. The van der Waals surface area contributed by atoms with Crippen molar-refractivity contribution in [1.82, 2.24) is 0 Å². The summed E-state index contributed by atoms with van der Waals surface area (Å²) in [7, 11) is 0. The molecule has 0 atom stereocenters. The van der Waals surface area contributed by atoms with Crippen LogP contribution in [0, 0.1) is 33.9 Å². The molecule has 0 heterocycles. The number of halogens is 1. The monoisotopic (exact) mass is 658 g/mol. The zero-order valence-corrected chi connectivity index (χ0v) is 29.4. The van der Waals surface area contributed by atoms with Gasteiger partial charge in [0.1, 0.15) is 13.2 Å². The summed E-state index contributed by atoms with van der Waals surface area (Å²) in [6, 6.07) is 23.2. The molecule has 0 aliphatic carbocycles. The Balaban J connectivity index is 0. The van der Waals surface area contributed by atoms with Crippen LogP contribution < -0.4 is 24.0 Å². The summed E-state index contributed by atoms with van der Waals surface area (Å²) in [4.78, 5) is 27.9. The Morgan fingerprint density at radius 3 is 1.36 bits per heavy atom. The van der Waals surface area contributed by atoms with Crippen molar-refractivity contribution in [3.63, 3.8) is 0 Å². The number of carbonyl (C=O) groups excluding carboxylic acids is 2. The second-order valence-corrected chi connectivity index (χ2v) is 11.8. The molecule has 0 aliphatic rings. The van der Waals surface area contributed by atoms with Crippen molar-refractivity contribution in [1.29, 1.82) is 0 Å². The van der Waals surface area contributed by atoms with Crippen LogP contribution in [0.3, 0.4) is 0 Å². The van der Waals surface area contributed by atoms with Crippen LogP contribution in [0.25, 0.3) is 9.69 Å². The summed E-state index contributed by atoms with van der Waals surface area (Å²) < 4.78 is 14.4. The molecule has 47 heavy (non-hydrogen) atoms. The number of ether oxygens (including phenoxy) is 3. The molecule has 1 N–H and O–H groups in total. The molecule has 0 amide bonds. The third kappa shape index (κ3) is 24.1. The first-order valence-corrected chi connectivity index (χ1v) is 14.7. The minimum absolute atomic E-state index is 0. The van der Waals surface area contributed by atoms with Gasteiger partial charge in [-0.2, -0.15) is 0 Å². The Labute approximate surface area is 296 Å². The van der Waals surface area contributed by atoms with Gasteiger partial charge in [-0.15, -0.1) is 0 Å². The number of nitrogens with zero attached hydrogens (tertiary/aromatic N) is 2. The minimum atomic E-state index is -0.768. The van der Waals surface area contributed by atoms with Crippen molar-refractivity contribution >= 4 is 23.2 Å². The van der Waals surface area contributed by atoms with Crippen molar-refractivity contribution in [2.45, 2.75) is 79.4 Å². The first kappa shape index (κ1) is 45.3. The Morgan fingerprint density at radius 2 is 1.06 bits per heavy atom. The van der Waals surface area contributed by atoms with E-state index in [-0.39, 0.29) is 51.9 Å². The van der Waals surface area contributed by atoms with Gasteiger partial charge in [0.25, 0.3) is 5.54 Å². The van der Waals surface area contributed by atoms with Crippen molar-refractivity contribution in [3.05, 3.63) is 129 Å². The molecule has 0 saturated carbocycles. The van der Waals surface area contributed by atoms with Crippen LogP contribution in [0.1, 0.15) is 61.1 Å². The number of hydrogen-bond acceptors (Lipinski definition) is 7. The number of carbonyl (C=O) groups is 2. The number of aliphatic hydroxyl groups excluding tert-OH is 1. The first-order chi connectivity index (χ1) is 21.6. The molecule has 0 spiro atoms. The van der Waals surface area contributed by atoms with Gasteiger partial charge in [-0.1, -0.05) is 96.1 Å². The van der Waals surface area contributed by atoms with E-state index in [1.165, 1.54) is 11.1 Å². The summed E-state index contributed by atoms with van der Waals surface area (Å²) in [5.41, 5.74) is 4.22. The van der Waals surface area contributed by atoms with E-state index in [0.717, 1.165) is 22.3 Å². The molecule has 3 aromatic carbocycles. The molecule has 0 aromatic heterocycles. The molecule has 11 heteroatoms. The summed E-state index contributed by atoms with van der Waals surface area (Å²) in [6.45, 7) is 26.3. The van der Waals surface area contributed by atoms with Crippen molar-refractivity contribution in [2.24, 2.45) is 0 Å². The van der Waals surface area contributed by atoms with Crippen LogP contribution in [0.15, 0.2) is 72.8 Å². The van der Waals surface area contributed by atoms with Gasteiger partial charge in [-0.25, -0.2) is 22.7 Å². The minimum Gasteiger partial charge on any atom is -0.849 e. The van der Waals surface area contributed by atoms with E-state index in [9.17, 15) is 14.7 Å². The van der Waals surface area contributed by atoms with Crippen LogP contribution >= 0.6 is 11.6 Å². The van der Waals surface area contributed by atoms with E-state index in [4.69, 9.17) is 39.3 Å². The van der Waals surface area contributed by atoms with Crippen molar-refractivity contribution in [3.8, 4) is 0 Å². The zero-order chi connectivity index (χ0) is 35.2. The maximum atomic E-state index is 11.3. The summed E-state index contributed by atoms with van der Waals surface area (Å²) >= 11 is 5.00. The van der Waals surface area contributed by atoms with Gasteiger partial charge in [0.15, 0.2) is 6.61 Å². The number of benzene rings is 3. The van der Waals surface area contributed by atoms with Gasteiger partial charge in [0.2, 0.25) is 5.54 Å². The smallest absolute Gasteiger partial charge is 0.849 e. The molecule has 9 nitrogen and oxygen atoms in total. The van der Waals surface area contributed by atoms with Crippen LogP contribution in [0.5, 0.6) is 0 Å². The second kappa shape index (κ2) is 24.4. The van der Waals surface area contributed by atoms with Gasteiger partial charge >= 0.3 is 30.4 Å². The van der Waals surface area contributed by atoms with Gasteiger partial charge in [-0.3, -0.25) is 0 Å². The van der Waals surface area contributed by atoms with Gasteiger partial charge in [0.05, 0.1) is 6.61 Å². The fraction of sp³-hybridized carbons (Fsp3) is 0.389.